The Kier molecular flexibility index (Phi) is 3.91. The van der Waals surface area contributed by atoms with Gasteiger partial charge in [0.05, 0.1) is 5.69 Å². The van der Waals surface area contributed by atoms with Gasteiger partial charge < -0.3 is 5.73 Å². The lowest BCUT2D eigenvalue weighted by Gasteiger charge is -2.17. The Morgan fingerprint density at radius 2 is 1.76 bits per heavy atom. The third-order valence-corrected chi connectivity index (χ3v) is 4.47. The van der Waals surface area contributed by atoms with Gasteiger partial charge in [0, 0.05) is 11.5 Å². The predicted molar refractivity (Wildman–Crippen MR) is 87.2 cm³/mol. The number of nitrogens with zero attached hydrogens (tertiary/aromatic N) is 2. The molecule has 0 atom stereocenters. The number of hydrogen-bond acceptors (Lipinski definition) is 3. The molecule has 0 saturated heterocycles. The van der Waals surface area contributed by atoms with E-state index in [1.54, 1.807) is 0 Å². The molecule has 0 bridgehead atoms. The molecule has 3 nitrogen and oxygen atoms in total. The van der Waals surface area contributed by atoms with Crippen LogP contribution >= 0.6 is 0 Å². The number of aryl methyl sites for hydroxylation is 2. The summed E-state index contributed by atoms with van der Waals surface area (Å²) in [6.07, 6.45) is 6.07. The van der Waals surface area contributed by atoms with Crippen LogP contribution in [-0.4, -0.2) is 9.97 Å². The van der Waals surface area contributed by atoms with Gasteiger partial charge >= 0.3 is 0 Å². The van der Waals surface area contributed by atoms with Crippen molar-refractivity contribution in [1.29, 1.82) is 0 Å². The monoisotopic (exact) mass is 281 g/mol. The highest BCUT2D eigenvalue weighted by Crippen LogP contribution is 2.40. The quantitative estimate of drug-likeness (QED) is 0.914. The average molecular weight is 281 g/mol. The SMILES string of the molecule is CCc1ccc(-c2c(N)nc(C)nc2C2CCCC2)cc1. The van der Waals surface area contributed by atoms with E-state index >= 15 is 0 Å². The summed E-state index contributed by atoms with van der Waals surface area (Å²) in [5.41, 5.74) is 10.9. The first-order valence-corrected chi connectivity index (χ1v) is 7.92. The maximum absolute atomic E-state index is 6.24. The molecule has 0 radical (unpaired) electrons. The van der Waals surface area contributed by atoms with Crippen LogP contribution in [0, 0.1) is 6.92 Å². The average Bonchev–Trinajstić information content (AvgIpc) is 3.01. The molecular weight excluding hydrogens is 258 g/mol. The normalized spacial score (nSPS) is 15.5. The van der Waals surface area contributed by atoms with Crippen molar-refractivity contribution in [2.75, 3.05) is 5.73 Å². The van der Waals surface area contributed by atoms with Gasteiger partial charge in [-0.25, -0.2) is 9.97 Å². The van der Waals surface area contributed by atoms with Crippen LogP contribution in [0.5, 0.6) is 0 Å². The largest absolute Gasteiger partial charge is 0.383 e. The number of nitrogen functional groups attached to an aromatic ring is 1. The van der Waals surface area contributed by atoms with E-state index in [0.29, 0.717) is 11.7 Å². The molecule has 2 aromatic rings. The Balaban J connectivity index is 2.10. The van der Waals surface area contributed by atoms with Crippen molar-refractivity contribution in [1.82, 2.24) is 9.97 Å². The molecule has 3 rings (SSSR count). The summed E-state index contributed by atoms with van der Waals surface area (Å²) in [5, 5.41) is 0. The highest BCUT2D eigenvalue weighted by atomic mass is 15.0. The van der Waals surface area contributed by atoms with E-state index < -0.39 is 0 Å². The van der Waals surface area contributed by atoms with Crippen LogP contribution in [0.4, 0.5) is 5.82 Å². The Morgan fingerprint density at radius 3 is 2.38 bits per heavy atom. The Hall–Kier alpha value is -1.90. The van der Waals surface area contributed by atoms with E-state index in [9.17, 15) is 0 Å². The van der Waals surface area contributed by atoms with Crippen LogP contribution in [0.2, 0.25) is 0 Å². The number of aromatic nitrogens is 2. The fourth-order valence-electron chi connectivity index (χ4n) is 3.31. The van der Waals surface area contributed by atoms with Gasteiger partial charge in [-0.15, -0.1) is 0 Å². The second-order valence-electron chi connectivity index (χ2n) is 5.95. The molecule has 21 heavy (non-hydrogen) atoms. The minimum absolute atomic E-state index is 0.537. The van der Waals surface area contributed by atoms with Gasteiger partial charge in [-0.05, 0) is 37.3 Å². The van der Waals surface area contributed by atoms with Crippen LogP contribution in [0.15, 0.2) is 24.3 Å². The predicted octanol–water partition coefficient (Wildman–Crippen LogP) is 4.25. The van der Waals surface area contributed by atoms with E-state index in [1.165, 1.54) is 31.2 Å². The molecule has 110 valence electrons. The first kappa shape index (κ1) is 14.1. The van der Waals surface area contributed by atoms with Gasteiger partial charge in [-0.3, -0.25) is 0 Å². The first-order valence-electron chi connectivity index (χ1n) is 7.92. The smallest absolute Gasteiger partial charge is 0.135 e. The zero-order valence-corrected chi connectivity index (χ0v) is 12.9. The third kappa shape index (κ3) is 2.78. The standard InChI is InChI=1S/C18H23N3/c1-3-13-8-10-14(11-9-13)16-17(15-6-4-5-7-15)20-12(2)21-18(16)19/h8-11,15H,3-7H2,1-2H3,(H2,19,20,21). The molecule has 2 N–H and O–H groups in total. The molecule has 1 aromatic heterocycles. The number of anilines is 1. The van der Waals surface area contributed by atoms with Gasteiger partial charge in [0.2, 0.25) is 0 Å². The van der Waals surface area contributed by atoms with E-state index in [0.717, 1.165) is 29.1 Å². The maximum atomic E-state index is 6.24. The molecule has 3 heteroatoms. The van der Waals surface area contributed by atoms with Gasteiger partial charge in [-0.1, -0.05) is 44.0 Å². The van der Waals surface area contributed by atoms with Gasteiger partial charge in [-0.2, -0.15) is 0 Å². The van der Waals surface area contributed by atoms with Crippen molar-refractivity contribution in [3.05, 3.63) is 41.3 Å². The van der Waals surface area contributed by atoms with Crippen LogP contribution < -0.4 is 5.73 Å². The molecule has 0 spiro atoms. The molecule has 0 amide bonds. The number of benzene rings is 1. The van der Waals surface area contributed by atoms with Crippen LogP contribution in [0.25, 0.3) is 11.1 Å². The lowest BCUT2D eigenvalue weighted by atomic mass is 9.94. The second kappa shape index (κ2) is 5.84. The molecule has 1 saturated carbocycles. The van der Waals surface area contributed by atoms with Crippen molar-refractivity contribution < 1.29 is 0 Å². The molecular formula is C18H23N3. The zero-order chi connectivity index (χ0) is 14.8. The second-order valence-corrected chi connectivity index (χ2v) is 5.95. The maximum Gasteiger partial charge on any atom is 0.135 e. The zero-order valence-electron chi connectivity index (χ0n) is 12.9. The van der Waals surface area contributed by atoms with E-state index in [4.69, 9.17) is 10.7 Å². The Morgan fingerprint density at radius 1 is 1.10 bits per heavy atom. The Bertz CT molecular complexity index is 626. The minimum atomic E-state index is 0.537. The molecule has 1 aliphatic rings. The van der Waals surface area contributed by atoms with Gasteiger partial charge in [0.25, 0.3) is 0 Å². The van der Waals surface area contributed by atoms with Crippen molar-refractivity contribution in [3.8, 4) is 11.1 Å². The van der Waals surface area contributed by atoms with Crippen molar-refractivity contribution in [3.63, 3.8) is 0 Å². The van der Waals surface area contributed by atoms with Crippen LogP contribution in [0.3, 0.4) is 0 Å². The van der Waals surface area contributed by atoms with Crippen molar-refractivity contribution in [2.24, 2.45) is 0 Å². The first-order chi connectivity index (χ1) is 10.2. The third-order valence-electron chi connectivity index (χ3n) is 4.47. The topological polar surface area (TPSA) is 51.8 Å². The van der Waals surface area contributed by atoms with E-state index in [2.05, 4.69) is 36.2 Å². The van der Waals surface area contributed by atoms with Crippen molar-refractivity contribution in [2.45, 2.75) is 51.9 Å². The molecule has 1 aromatic carbocycles. The summed E-state index contributed by atoms with van der Waals surface area (Å²) in [6.45, 7) is 4.10. The molecule has 1 aliphatic carbocycles. The number of nitrogens with two attached hydrogens (primary N) is 1. The molecule has 0 aliphatic heterocycles. The summed E-state index contributed by atoms with van der Waals surface area (Å²) in [4.78, 5) is 9.14. The fourth-order valence-corrected chi connectivity index (χ4v) is 3.31. The molecule has 0 unspecified atom stereocenters. The van der Waals surface area contributed by atoms with E-state index in [1.807, 2.05) is 6.92 Å². The fraction of sp³-hybridized carbons (Fsp3) is 0.444. The summed E-state index contributed by atoms with van der Waals surface area (Å²) < 4.78 is 0. The number of rotatable bonds is 3. The van der Waals surface area contributed by atoms with Crippen LogP contribution in [0.1, 0.15) is 55.6 Å². The Labute approximate surface area is 126 Å². The number of hydrogen-bond donors (Lipinski definition) is 1. The minimum Gasteiger partial charge on any atom is -0.383 e. The molecule has 1 fully saturated rings. The lowest BCUT2D eigenvalue weighted by Crippen LogP contribution is -2.07. The van der Waals surface area contributed by atoms with Crippen molar-refractivity contribution >= 4 is 5.82 Å². The highest BCUT2D eigenvalue weighted by Gasteiger charge is 2.24. The molecule has 1 heterocycles. The lowest BCUT2D eigenvalue weighted by molar-refractivity contribution is 0.692. The van der Waals surface area contributed by atoms with Crippen LogP contribution in [-0.2, 0) is 6.42 Å². The summed E-state index contributed by atoms with van der Waals surface area (Å²) >= 11 is 0. The highest BCUT2D eigenvalue weighted by molar-refractivity contribution is 5.76. The summed E-state index contributed by atoms with van der Waals surface area (Å²) in [6, 6.07) is 8.66. The summed E-state index contributed by atoms with van der Waals surface area (Å²) in [5.74, 6) is 1.94. The van der Waals surface area contributed by atoms with E-state index in [-0.39, 0.29) is 0 Å². The van der Waals surface area contributed by atoms with Gasteiger partial charge in [0.15, 0.2) is 0 Å². The summed E-state index contributed by atoms with van der Waals surface area (Å²) in [7, 11) is 0. The van der Waals surface area contributed by atoms with Gasteiger partial charge in [0.1, 0.15) is 11.6 Å².